The first-order chi connectivity index (χ1) is 15.3. The van der Waals surface area contributed by atoms with Crippen LogP contribution in [0.25, 0.3) is 10.8 Å². The van der Waals surface area contributed by atoms with E-state index < -0.39 is 0 Å². The fraction of sp³-hybridized carbons (Fsp3) is 0.333. The van der Waals surface area contributed by atoms with Crippen molar-refractivity contribution in [3.8, 4) is 0 Å². The number of nitrogens with zero attached hydrogens (tertiary/aromatic N) is 4. The summed E-state index contributed by atoms with van der Waals surface area (Å²) in [6.07, 6.45) is 0.194. The number of hydrogen-bond acceptors (Lipinski definition) is 4. The van der Waals surface area contributed by atoms with Crippen molar-refractivity contribution in [3.63, 3.8) is 0 Å². The van der Waals surface area contributed by atoms with Gasteiger partial charge in [0.1, 0.15) is 5.82 Å². The molecule has 0 saturated carbocycles. The number of halogens is 1. The molecule has 2 aromatic carbocycles. The van der Waals surface area contributed by atoms with Crippen LogP contribution in [0.15, 0.2) is 53.3 Å². The Morgan fingerprint density at radius 1 is 0.938 bits per heavy atom. The maximum atomic E-state index is 13.3. The third-order valence-electron chi connectivity index (χ3n) is 5.71. The lowest BCUT2D eigenvalue weighted by Gasteiger charge is -2.35. The number of benzene rings is 2. The number of rotatable bonds is 4. The maximum absolute atomic E-state index is 13.3. The second kappa shape index (κ2) is 8.90. The number of piperazine rings is 1. The van der Waals surface area contributed by atoms with Crippen molar-refractivity contribution in [1.29, 1.82) is 0 Å². The molecule has 4 rings (SSSR count). The molecule has 2 amide bonds. The zero-order chi connectivity index (χ0) is 22.8. The molecule has 2 heterocycles. The first-order valence-electron chi connectivity index (χ1n) is 10.7. The van der Waals surface area contributed by atoms with E-state index in [1.807, 2.05) is 13.8 Å². The van der Waals surface area contributed by atoms with Gasteiger partial charge in [0.05, 0.1) is 17.8 Å². The highest BCUT2D eigenvalue weighted by atomic mass is 19.1. The van der Waals surface area contributed by atoms with Gasteiger partial charge >= 0.3 is 0 Å². The van der Waals surface area contributed by atoms with E-state index in [9.17, 15) is 18.8 Å². The van der Waals surface area contributed by atoms with E-state index in [-0.39, 0.29) is 41.3 Å². The van der Waals surface area contributed by atoms with E-state index in [0.717, 1.165) is 5.56 Å². The Bertz CT molecular complexity index is 1210. The van der Waals surface area contributed by atoms with Crippen LogP contribution in [-0.4, -0.2) is 57.6 Å². The Hall–Kier alpha value is -3.55. The molecule has 0 atom stereocenters. The summed E-state index contributed by atoms with van der Waals surface area (Å²) in [4.78, 5) is 42.0. The number of amides is 2. The highest BCUT2D eigenvalue weighted by Gasteiger charge is 2.27. The molecule has 8 heteroatoms. The lowest BCUT2D eigenvalue weighted by atomic mass is 10.1. The third-order valence-corrected chi connectivity index (χ3v) is 5.71. The molecule has 0 spiro atoms. The minimum Gasteiger partial charge on any atom is -0.339 e. The summed E-state index contributed by atoms with van der Waals surface area (Å²) in [6, 6.07) is 12.7. The van der Waals surface area contributed by atoms with Crippen LogP contribution < -0.4 is 5.56 Å². The van der Waals surface area contributed by atoms with Crippen LogP contribution >= 0.6 is 0 Å². The number of hydrogen-bond donors (Lipinski definition) is 0. The van der Waals surface area contributed by atoms with Gasteiger partial charge in [-0.1, -0.05) is 30.3 Å². The van der Waals surface area contributed by atoms with E-state index in [0.29, 0.717) is 37.0 Å². The molecule has 0 radical (unpaired) electrons. The number of carbonyl (C=O) groups excluding carboxylic acids is 2. The monoisotopic (exact) mass is 436 g/mol. The smallest absolute Gasteiger partial charge is 0.275 e. The molecule has 3 aromatic rings. The first-order valence-corrected chi connectivity index (χ1v) is 10.7. The highest BCUT2D eigenvalue weighted by Crippen LogP contribution is 2.18. The lowest BCUT2D eigenvalue weighted by Crippen LogP contribution is -2.51. The molecule has 0 aliphatic carbocycles. The molecule has 1 saturated heterocycles. The average molecular weight is 436 g/mol. The standard InChI is InChI=1S/C24H25FN4O3/c1-16(2)29-23(31)20-6-4-3-5-19(20)22(26-29)24(32)28-13-11-27(12-14-28)21(30)15-17-7-9-18(25)10-8-17/h3-10,16H,11-15H2,1-2H3. The molecule has 1 aliphatic heterocycles. The minimum absolute atomic E-state index is 0.0550. The quantitative estimate of drug-likeness (QED) is 0.630. The zero-order valence-electron chi connectivity index (χ0n) is 18.1. The van der Waals surface area contributed by atoms with E-state index in [4.69, 9.17) is 0 Å². The lowest BCUT2D eigenvalue weighted by molar-refractivity contribution is -0.131. The summed E-state index contributed by atoms with van der Waals surface area (Å²) < 4.78 is 14.4. The van der Waals surface area contributed by atoms with Gasteiger partial charge in [0.2, 0.25) is 5.91 Å². The summed E-state index contributed by atoms with van der Waals surface area (Å²) >= 11 is 0. The van der Waals surface area contributed by atoms with Crippen LogP contribution in [0.5, 0.6) is 0 Å². The topological polar surface area (TPSA) is 75.5 Å². The van der Waals surface area contributed by atoms with Crippen molar-refractivity contribution in [2.45, 2.75) is 26.3 Å². The molecule has 32 heavy (non-hydrogen) atoms. The van der Waals surface area contributed by atoms with Gasteiger partial charge in [-0.2, -0.15) is 5.10 Å². The average Bonchev–Trinajstić information content (AvgIpc) is 2.80. The molecular weight excluding hydrogens is 411 g/mol. The SMILES string of the molecule is CC(C)n1nc(C(=O)N2CCN(C(=O)Cc3ccc(F)cc3)CC2)c2ccccc2c1=O. The van der Waals surface area contributed by atoms with E-state index >= 15 is 0 Å². The predicted molar refractivity (Wildman–Crippen MR) is 119 cm³/mol. The molecule has 0 bridgehead atoms. The number of fused-ring (bicyclic) bond motifs is 1. The summed E-state index contributed by atoms with van der Waals surface area (Å²) in [5.74, 6) is -0.639. The highest BCUT2D eigenvalue weighted by molar-refractivity contribution is 6.04. The van der Waals surface area contributed by atoms with Crippen LogP contribution in [0.4, 0.5) is 4.39 Å². The van der Waals surface area contributed by atoms with Crippen LogP contribution in [-0.2, 0) is 11.2 Å². The van der Waals surface area contributed by atoms with Crippen LogP contribution in [0, 0.1) is 5.82 Å². The zero-order valence-corrected chi connectivity index (χ0v) is 18.1. The molecule has 1 fully saturated rings. The van der Waals surface area contributed by atoms with Gasteiger partial charge in [-0.25, -0.2) is 9.07 Å². The van der Waals surface area contributed by atoms with Crippen molar-refractivity contribution in [3.05, 3.63) is 76.0 Å². The minimum atomic E-state index is -0.335. The molecule has 0 unspecified atom stereocenters. The van der Waals surface area contributed by atoms with E-state index in [2.05, 4.69) is 5.10 Å². The number of aromatic nitrogens is 2. The summed E-state index contributed by atoms with van der Waals surface area (Å²) in [5, 5.41) is 5.40. The Labute approximate surface area is 185 Å². The van der Waals surface area contributed by atoms with E-state index in [1.54, 1.807) is 46.2 Å². The van der Waals surface area contributed by atoms with Gasteiger partial charge < -0.3 is 9.80 Å². The molecule has 1 aliphatic rings. The fourth-order valence-corrected chi connectivity index (χ4v) is 3.91. The second-order valence-corrected chi connectivity index (χ2v) is 8.21. The molecule has 0 N–H and O–H groups in total. The Morgan fingerprint density at radius 2 is 1.53 bits per heavy atom. The fourth-order valence-electron chi connectivity index (χ4n) is 3.91. The Kier molecular flexibility index (Phi) is 6.03. The Morgan fingerprint density at radius 3 is 2.16 bits per heavy atom. The van der Waals surface area contributed by atoms with Gasteiger partial charge in [-0.15, -0.1) is 0 Å². The van der Waals surface area contributed by atoms with Gasteiger partial charge in [-0.3, -0.25) is 14.4 Å². The normalized spacial score (nSPS) is 14.2. The largest absolute Gasteiger partial charge is 0.339 e. The Balaban J connectivity index is 1.49. The summed E-state index contributed by atoms with van der Waals surface area (Å²) in [6.45, 7) is 5.28. The van der Waals surface area contributed by atoms with Crippen molar-refractivity contribution in [2.75, 3.05) is 26.2 Å². The summed E-state index contributed by atoms with van der Waals surface area (Å²) in [7, 11) is 0. The third kappa shape index (κ3) is 4.26. The molecule has 7 nitrogen and oxygen atoms in total. The molecular formula is C24H25FN4O3. The van der Waals surface area contributed by atoms with Gasteiger partial charge in [0.25, 0.3) is 11.5 Å². The van der Waals surface area contributed by atoms with Crippen molar-refractivity contribution in [2.24, 2.45) is 0 Å². The summed E-state index contributed by atoms with van der Waals surface area (Å²) in [5.41, 5.74) is 0.782. The van der Waals surface area contributed by atoms with Crippen LogP contribution in [0.1, 0.15) is 35.9 Å². The first kappa shape index (κ1) is 21.7. The predicted octanol–water partition coefficient (Wildman–Crippen LogP) is 2.64. The maximum Gasteiger partial charge on any atom is 0.275 e. The van der Waals surface area contributed by atoms with Gasteiger partial charge in [0, 0.05) is 31.6 Å². The number of carbonyl (C=O) groups is 2. The van der Waals surface area contributed by atoms with E-state index in [1.165, 1.54) is 16.8 Å². The molecule has 166 valence electrons. The van der Waals surface area contributed by atoms with Crippen LogP contribution in [0.2, 0.25) is 0 Å². The second-order valence-electron chi connectivity index (χ2n) is 8.21. The van der Waals surface area contributed by atoms with Crippen molar-refractivity contribution < 1.29 is 14.0 Å². The van der Waals surface area contributed by atoms with Crippen molar-refractivity contribution >= 4 is 22.6 Å². The van der Waals surface area contributed by atoms with Crippen molar-refractivity contribution in [1.82, 2.24) is 19.6 Å². The van der Waals surface area contributed by atoms with Gasteiger partial charge in [0.15, 0.2) is 5.69 Å². The van der Waals surface area contributed by atoms with Gasteiger partial charge in [-0.05, 0) is 37.6 Å². The van der Waals surface area contributed by atoms with Crippen LogP contribution in [0.3, 0.4) is 0 Å². The molecule has 1 aromatic heterocycles.